The summed E-state index contributed by atoms with van der Waals surface area (Å²) in [5.74, 6) is -1.03. The van der Waals surface area contributed by atoms with Gasteiger partial charge in [-0.05, 0) is 44.9 Å². The van der Waals surface area contributed by atoms with Crippen molar-refractivity contribution in [2.75, 3.05) is 0 Å². The number of para-hydroxylation sites is 1. The van der Waals surface area contributed by atoms with Crippen molar-refractivity contribution in [3.8, 4) is 27.7 Å². The Hall–Kier alpha value is -3.32. The lowest BCUT2D eigenvalue weighted by atomic mass is 10.1. The van der Waals surface area contributed by atoms with Gasteiger partial charge in [-0.15, -0.1) is 11.3 Å². The van der Waals surface area contributed by atoms with E-state index in [9.17, 15) is 14.3 Å². The Morgan fingerprint density at radius 2 is 1.74 bits per heavy atom. The van der Waals surface area contributed by atoms with Gasteiger partial charge in [-0.3, -0.25) is 9.36 Å². The molecule has 0 aliphatic heterocycles. The van der Waals surface area contributed by atoms with Gasteiger partial charge in [0, 0.05) is 11.4 Å². The second-order valence-corrected chi connectivity index (χ2v) is 8.59. The van der Waals surface area contributed by atoms with E-state index in [2.05, 4.69) is 9.97 Å². The fourth-order valence-corrected chi connectivity index (χ4v) is 4.48. The maximum atomic E-state index is 14.1. The second-order valence-electron chi connectivity index (χ2n) is 7.38. The van der Waals surface area contributed by atoms with E-state index in [1.54, 1.807) is 13.0 Å². The standard InChI is InChI=1S/C24H22FN3O2S/c1-14-16(3)31-23(27-14)20-15(2)26-22(18-10-7-11-19(25)21(18)29)28(24(20)30)13-12-17-8-5-4-6-9-17/h4-11,29H,12-13H2,1-3H3. The number of hydrogen-bond acceptors (Lipinski definition) is 5. The summed E-state index contributed by atoms with van der Waals surface area (Å²) in [7, 11) is 0. The van der Waals surface area contributed by atoms with Crippen molar-refractivity contribution in [1.82, 2.24) is 14.5 Å². The van der Waals surface area contributed by atoms with Crippen molar-refractivity contribution in [2.24, 2.45) is 0 Å². The van der Waals surface area contributed by atoms with Gasteiger partial charge in [0.25, 0.3) is 5.56 Å². The van der Waals surface area contributed by atoms with Gasteiger partial charge >= 0.3 is 0 Å². The molecule has 0 spiro atoms. The predicted octanol–water partition coefficient (Wildman–Crippen LogP) is 5.05. The smallest absolute Gasteiger partial charge is 0.264 e. The van der Waals surface area contributed by atoms with Crippen molar-refractivity contribution in [2.45, 2.75) is 33.7 Å². The minimum atomic E-state index is -0.755. The number of nitrogens with zero attached hydrogens (tertiary/aromatic N) is 3. The van der Waals surface area contributed by atoms with Crippen LogP contribution in [0.4, 0.5) is 4.39 Å². The molecule has 0 radical (unpaired) electrons. The van der Waals surface area contributed by atoms with E-state index in [0.29, 0.717) is 29.2 Å². The van der Waals surface area contributed by atoms with Crippen molar-refractivity contribution in [3.63, 3.8) is 0 Å². The topological polar surface area (TPSA) is 68.0 Å². The van der Waals surface area contributed by atoms with E-state index in [-0.39, 0.29) is 16.9 Å². The first kappa shape index (κ1) is 20.9. The minimum Gasteiger partial charge on any atom is -0.504 e. The third-order valence-electron chi connectivity index (χ3n) is 5.29. The van der Waals surface area contributed by atoms with Gasteiger partial charge in [-0.1, -0.05) is 36.4 Å². The molecule has 0 unspecified atom stereocenters. The monoisotopic (exact) mass is 435 g/mol. The van der Waals surface area contributed by atoms with Crippen LogP contribution in [0.1, 0.15) is 21.8 Å². The maximum absolute atomic E-state index is 14.1. The Morgan fingerprint density at radius 3 is 2.42 bits per heavy atom. The van der Waals surface area contributed by atoms with Gasteiger partial charge in [0.15, 0.2) is 11.6 Å². The number of hydrogen-bond donors (Lipinski definition) is 1. The number of halogens is 1. The summed E-state index contributed by atoms with van der Waals surface area (Å²) >= 11 is 1.45. The highest BCUT2D eigenvalue weighted by atomic mass is 32.1. The van der Waals surface area contributed by atoms with Crippen LogP contribution in [0.5, 0.6) is 5.75 Å². The molecule has 31 heavy (non-hydrogen) atoms. The molecule has 0 aliphatic rings. The number of rotatable bonds is 5. The molecule has 0 fully saturated rings. The first-order chi connectivity index (χ1) is 14.9. The Morgan fingerprint density at radius 1 is 1.00 bits per heavy atom. The largest absolute Gasteiger partial charge is 0.504 e. The highest BCUT2D eigenvalue weighted by molar-refractivity contribution is 7.15. The molecule has 2 aromatic heterocycles. The molecule has 0 bridgehead atoms. The van der Waals surface area contributed by atoms with E-state index in [1.165, 1.54) is 28.0 Å². The number of phenolic OH excluding ortho intramolecular Hbond substituents is 1. The molecule has 0 atom stereocenters. The molecule has 5 nitrogen and oxygen atoms in total. The number of aromatic hydroxyl groups is 1. The first-order valence-corrected chi connectivity index (χ1v) is 10.8. The summed E-state index contributed by atoms with van der Waals surface area (Å²) in [4.78, 5) is 23.9. The summed E-state index contributed by atoms with van der Waals surface area (Å²) in [5, 5.41) is 10.9. The minimum absolute atomic E-state index is 0.186. The van der Waals surface area contributed by atoms with Crippen LogP contribution in [0.15, 0.2) is 53.3 Å². The summed E-state index contributed by atoms with van der Waals surface area (Å²) < 4.78 is 15.6. The molecule has 1 N–H and O–H groups in total. The lowest BCUT2D eigenvalue weighted by Gasteiger charge is -2.16. The second kappa shape index (κ2) is 8.43. The van der Waals surface area contributed by atoms with Crippen LogP contribution in [0, 0.1) is 26.6 Å². The lowest BCUT2D eigenvalue weighted by molar-refractivity contribution is 0.433. The van der Waals surface area contributed by atoms with E-state index in [4.69, 9.17) is 0 Å². The van der Waals surface area contributed by atoms with Gasteiger partial charge in [-0.25, -0.2) is 14.4 Å². The summed E-state index contributed by atoms with van der Waals surface area (Å²) in [5.41, 5.74) is 2.80. The predicted molar refractivity (Wildman–Crippen MR) is 121 cm³/mol. The van der Waals surface area contributed by atoms with Crippen LogP contribution in [0.2, 0.25) is 0 Å². The van der Waals surface area contributed by atoms with E-state index >= 15 is 0 Å². The maximum Gasteiger partial charge on any atom is 0.264 e. The molecular weight excluding hydrogens is 413 g/mol. The van der Waals surface area contributed by atoms with Gasteiger partial charge < -0.3 is 5.11 Å². The third-order valence-corrected chi connectivity index (χ3v) is 6.38. The van der Waals surface area contributed by atoms with Crippen molar-refractivity contribution >= 4 is 11.3 Å². The normalized spacial score (nSPS) is 11.1. The van der Waals surface area contributed by atoms with Crippen molar-refractivity contribution < 1.29 is 9.50 Å². The van der Waals surface area contributed by atoms with Gasteiger partial charge in [0.2, 0.25) is 0 Å². The van der Waals surface area contributed by atoms with Gasteiger partial charge in [0.1, 0.15) is 10.8 Å². The highest BCUT2D eigenvalue weighted by Crippen LogP contribution is 2.32. The molecule has 158 valence electrons. The molecule has 0 aliphatic carbocycles. The van der Waals surface area contributed by atoms with Crippen LogP contribution >= 0.6 is 11.3 Å². The Labute approximate surface area is 183 Å². The van der Waals surface area contributed by atoms with E-state index in [0.717, 1.165) is 16.1 Å². The van der Waals surface area contributed by atoms with Crippen LogP contribution in [0.3, 0.4) is 0 Å². The van der Waals surface area contributed by atoms with Crippen LogP contribution in [0.25, 0.3) is 22.0 Å². The van der Waals surface area contributed by atoms with Gasteiger partial charge in [-0.2, -0.15) is 0 Å². The number of aryl methyl sites for hydroxylation is 4. The average molecular weight is 436 g/mol. The molecule has 0 saturated heterocycles. The first-order valence-electron chi connectivity index (χ1n) is 9.94. The molecule has 2 aromatic carbocycles. The van der Waals surface area contributed by atoms with E-state index in [1.807, 2.05) is 44.2 Å². The fraction of sp³-hybridized carbons (Fsp3) is 0.208. The Bertz CT molecular complexity index is 1290. The van der Waals surface area contributed by atoms with Crippen molar-refractivity contribution in [3.05, 3.63) is 86.5 Å². The van der Waals surface area contributed by atoms with Crippen molar-refractivity contribution in [1.29, 1.82) is 0 Å². The van der Waals surface area contributed by atoms with E-state index < -0.39 is 11.6 Å². The zero-order valence-corrected chi connectivity index (χ0v) is 18.3. The number of thiazole rings is 1. The number of aromatic nitrogens is 3. The highest BCUT2D eigenvalue weighted by Gasteiger charge is 2.22. The lowest BCUT2D eigenvalue weighted by Crippen LogP contribution is -2.27. The van der Waals surface area contributed by atoms with Crippen LogP contribution in [-0.4, -0.2) is 19.6 Å². The summed E-state index contributed by atoms with van der Waals surface area (Å²) in [6.45, 7) is 5.94. The SMILES string of the molecule is Cc1nc(-c2c(C)nc(-c3cccc(F)c3O)n(CCc3ccccc3)c2=O)sc1C. The average Bonchev–Trinajstić information content (AvgIpc) is 3.07. The number of benzene rings is 2. The zero-order valence-electron chi connectivity index (χ0n) is 17.5. The van der Waals surface area contributed by atoms with Crippen LogP contribution < -0.4 is 5.56 Å². The summed E-state index contributed by atoms with van der Waals surface area (Å²) in [6, 6.07) is 14.0. The molecular formula is C24H22FN3O2S. The fourth-order valence-electron chi connectivity index (χ4n) is 3.48. The van der Waals surface area contributed by atoms with Crippen LogP contribution in [-0.2, 0) is 13.0 Å². The third kappa shape index (κ3) is 4.01. The van der Waals surface area contributed by atoms with Gasteiger partial charge in [0.05, 0.1) is 22.5 Å². The number of phenols is 1. The Balaban J connectivity index is 1.91. The quantitative estimate of drug-likeness (QED) is 0.477. The summed E-state index contributed by atoms with van der Waals surface area (Å²) in [6.07, 6.45) is 0.587. The molecule has 0 saturated carbocycles. The zero-order chi connectivity index (χ0) is 22.1. The molecule has 4 rings (SSSR count). The molecule has 2 heterocycles. The Kier molecular flexibility index (Phi) is 5.69. The molecule has 4 aromatic rings. The molecule has 0 amide bonds. The molecule has 7 heteroatoms.